The summed E-state index contributed by atoms with van der Waals surface area (Å²) in [5, 5.41) is 4.03. The molecule has 0 bridgehead atoms. The second-order valence-electron chi connectivity index (χ2n) is 8.12. The highest BCUT2D eigenvalue weighted by atomic mass is 32.2. The monoisotopic (exact) mass is 421 g/mol. The number of aromatic nitrogens is 2. The SMILES string of the molecule is CCC/C=C(/Nc1c(C)n(C)c(=O)n(C)c1=O)SCC(=O)C1CCCCCC1C. The fraction of sp³-hybridized carbons (Fsp3) is 0.682. The number of hydrogen-bond donors (Lipinski definition) is 1. The van der Waals surface area contributed by atoms with Crippen LogP contribution < -0.4 is 16.6 Å². The van der Waals surface area contributed by atoms with E-state index in [4.69, 9.17) is 0 Å². The van der Waals surface area contributed by atoms with E-state index in [-0.39, 0.29) is 17.2 Å². The maximum atomic E-state index is 12.9. The van der Waals surface area contributed by atoms with Crippen LogP contribution in [-0.2, 0) is 18.9 Å². The summed E-state index contributed by atoms with van der Waals surface area (Å²) in [6, 6.07) is 0. The fourth-order valence-electron chi connectivity index (χ4n) is 3.86. The van der Waals surface area contributed by atoms with Crippen molar-refractivity contribution in [3.05, 3.63) is 37.6 Å². The second-order valence-corrected chi connectivity index (χ2v) is 9.14. The minimum atomic E-state index is -0.350. The Balaban J connectivity index is 2.18. The fourth-order valence-corrected chi connectivity index (χ4v) is 4.78. The van der Waals surface area contributed by atoms with Crippen LogP contribution >= 0.6 is 11.8 Å². The lowest BCUT2D eigenvalue weighted by Gasteiger charge is -2.20. The molecule has 2 atom stereocenters. The number of hydrogen-bond acceptors (Lipinski definition) is 5. The van der Waals surface area contributed by atoms with Crippen LogP contribution in [0, 0.1) is 18.8 Å². The second kappa shape index (κ2) is 10.9. The lowest BCUT2D eigenvalue weighted by Crippen LogP contribution is -2.39. The number of unbranched alkanes of at least 4 members (excludes halogenated alkanes) is 1. The third-order valence-electron chi connectivity index (χ3n) is 5.97. The van der Waals surface area contributed by atoms with Gasteiger partial charge in [0.05, 0.1) is 10.8 Å². The van der Waals surface area contributed by atoms with Crippen LogP contribution in [0.5, 0.6) is 0 Å². The molecule has 162 valence electrons. The largest absolute Gasteiger partial charge is 0.345 e. The zero-order valence-electron chi connectivity index (χ0n) is 18.4. The van der Waals surface area contributed by atoms with Gasteiger partial charge < -0.3 is 5.32 Å². The van der Waals surface area contributed by atoms with Crippen LogP contribution in [0.1, 0.15) is 64.5 Å². The first kappa shape index (κ1) is 23.5. The Hall–Kier alpha value is -1.76. The van der Waals surface area contributed by atoms with Crippen molar-refractivity contribution in [3.63, 3.8) is 0 Å². The summed E-state index contributed by atoms with van der Waals surface area (Å²) < 4.78 is 2.57. The number of nitrogens with one attached hydrogen (secondary N) is 1. The van der Waals surface area contributed by atoms with E-state index in [9.17, 15) is 14.4 Å². The molecule has 1 aromatic heterocycles. The molecule has 1 N–H and O–H groups in total. The van der Waals surface area contributed by atoms with Crippen molar-refractivity contribution in [1.82, 2.24) is 9.13 Å². The van der Waals surface area contributed by atoms with E-state index in [1.807, 2.05) is 6.08 Å². The number of Topliss-reactive ketones (excluding diaryl/α,β-unsaturated/α-hetero) is 1. The van der Waals surface area contributed by atoms with Crippen LogP contribution in [0.2, 0.25) is 0 Å². The molecular weight excluding hydrogens is 386 g/mol. The Morgan fingerprint density at radius 3 is 2.55 bits per heavy atom. The van der Waals surface area contributed by atoms with Gasteiger partial charge in [-0.05, 0) is 25.7 Å². The van der Waals surface area contributed by atoms with E-state index in [1.54, 1.807) is 14.0 Å². The van der Waals surface area contributed by atoms with Crippen molar-refractivity contribution in [2.45, 2.75) is 65.7 Å². The lowest BCUT2D eigenvalue weighted by molar-refractivity contribution is -0.121. The molecule has 1 fully saturated rings. The third-order valence-corrected chi connectivity index (χ3v) is 6.98. The van der Waals surface area contributed by atoms with Crippen molar-refractivity contribution >= 4 is 23.2 Å². The predicted molar refractivity (Wildman–Crippen MR) is 121 cm³/mol. The van der Waals surface area contributed by atoms with Gasteiger partial charge in [-0.2, -0.15) is 0 Å². The molecule has 0 aliphatic heterocycles. The molecule has 0 amide bonds. The zero-order valence-corrected chi connectivity index (χ0v) is 19.2. The van der Waals surface area contributed by atoms with Crippen molar-refractivity contribution in [2.24, 2.45) is 25.9 Å². The Kier molecular flexibility index (Phi) is 8.80. The number of rotatable bonds is 8. The molecule has 7 heteroatoms. The molecule has 1 heterocycles. The number of thioether (sulfide) groups is 1. The van der Waals surface area contributed by atoms with Gasteiger partial charge >= 0.3 is 5.69 Å². The normalized spacial score (nSPS) is 20.4. The van der Waals surface area contributed by atoms with Crippen LogP contribution in [0.3, 0.4) is 0 Å². The molecule has 6 nitrogen and oxygen atoms in total. The summed E-state index contributed by atoms with van der Waals surface area (Å²) in [7, 11) is 3.14. The van der Waals surface area contributed by atoms with Gasteiger partial charge in [0.25, 0.3) is 5.56 Å². The minimum absolute atomic E-state index is 0.143. The van der Waals surface area contributed by atoms with Gasteiger partial charge in [0.1, 0.15) is 11.5 Å². The summed E-state index contributed by atoms with van der Waals surface area (Å²) in [6.45, 7) is 6.04. The number of carbonyl (C=O) groups excluding carboxylic acids is 1. The summed E-state index contributed by atoms with van der Waals surface area (Å²) in [5.74, 6) is 1.30. The average Bonchev–Trinajstić information content (AvgIpc) is 2.93. The highest BCUT2D eigenvalue weighted by Crippen LogP contribution is 2.31. The maximum Gasteiger partial charge on any atom is 0.330 e. The number of anilines is 1. The molecule has 29 heavy (non-hydrogen) atoms. The molecule has 0 spiro atoms. The smallest absolute Gasteiger partial charge is 0.330 e. The number of nitrogens with zero attached hydrogens (tertiary/aromatic N) is 2. The summed E-state index contributed by atoms with van der Waals surface area (Å²) >= 11 is 1.47. The highest BCUT2D eigenvalue weighted by molar-refractivity contribution is 8.03. The Morgan fingerprint density at radius 2 is 1.86 bits per heavy atom. The van der Waals surface area contributed by atoms with Gasteiger partial charge in [-0.1, -0.05) is 52.0 Å². The van der Waals surface area contributed by atoms with Gasteiger partial charge in [-0.15, -0.1) is 11.8 Å². The van der Waals surface area contributed by atoms with Gasteiger partial charge in [-0.25, -0.2) is 4.79 Å². The molecule has 2 rings (SSSR count). The molecule has 0 saturated heterocycles. The van der Waals surface area contributed by atoms with E-state index in [2.05, 4.69) is 19.2 Å². The van der Waals surface area contributed by atoms with Crippen molar-refractivity contribution in [1.29, 1.82) is 0 Å². The van der Waals surface area contributed by atoms with E-state index in [0.717, 1.165) is 41.7 Å². The topological polar surface area (TPSA) is 73.1 Å². The number of ketones is 1. The molecule has 1 aliphatic carbocycles. The molecule has 2 unspecified atom stereocenters. The Morgan fingerprint density at radius 1 is 1.17 bits per heavy atom. The molecule has 1 aliphatic rings. The van der Waals surface area contributed by atoms with Crippen molar-refractivity contribution < 1.29 is 4.79 Å². The molecule has 1 saturated carbocycles. The maximum absolute atomic E-state index is 12.9. The predicted octanol–water partition coefficient (Wildman–Crippen LogP) is 3.96. The van der Waals surface area contributed by atoms with E-state index in [0.29, 0.717) is 28.8 Å². The molecule has 0 aromatic carbocycles. The summed E-state index contributed by atoms with van der Waals surface area (Å²) in [6.07, 6.45) is 9.57. The average molecular weight is 422 g/mol. The lowest BCUT2D eigenvalue weighted by atomic mass is 9.87. The minimum Gasteiger partial charge on any atom is -0.345 e. The van der Waals surface area contributed by atoms with Crippen LogP contribution in [-0.4, -0.2) is 20.7 Å². The standard InChI is InChI=1S/C22H35N3O3S/c1-6-7-13-19(23-20-16(3)24(4)22(28)25(5)21(20)27)29-14-18(26)17-12-10-8-9-11-15(17)2/h13,15,17,23H,6-12,14H2,1-5H3/b19-13-. The van der Waals surface area contributed by atoms with E-state index in [1.165, 1.54) is 36.2 Å². The van der Waals surface area contributed by atoms with Crippen LogP contribution in [0.15, 0.2) is 20.7 Å². The zero-order chi connectivity index (χ0) is 21.6. The Bertz CT molecular complexity index is 869. The van der Waals surface area contributed by atoms with Gasteiger partial charge in [-0.3, -0.25) is 18.7 Å². The summed E-state index contributed by atoms with van der Waals surface area (Å²) in [4.78, 5) is 37.6. The van der Waals surface area contributed by atoms with Gasteiger partial charge in [0.15, 0.2) is 0 Å². The first-order valence-corrected chi connectivity index (χ1v) is 11.7. The summed E-state index contributed by atoms with van der Waals surface area (Å²) in [5.41, 5.74) is 0.282. The first-order chi connectivity index (χ1) is 13.8. The van der Waals surface area contributed by atoms with E-state index < -0.39 is 0 Å². The van der Waals surface area contributed by atoms with Crippen LogP contribution in [0.25, 0.3) is 0 Å². The number of carbonyl (C=O) groups is 1. The van der Waals surface area contributed by atoms with E-state index >= 15 is 0 Å². The Labute approximate surface area is 177 Å². The molecule has 1 aromatic rings. The third kappa shape index (κ3) is 5.87. The van der Waals surface area contributed by atoms with Crippen molar-refractivity contribution in [3.8, 4) is 0 Å². The van der Waals surface area contributed by atoms with Crippen molar-refractivity contribution in [2.75, 3.05) is 11.1 Å². The van der Waals surface area contributed by atoms with Gasteiger partial charge in [0.2, 0.25) is 0 Å². The highest BCUT2D eigenvalue weighted by Gasteiger charge is 2.26. The number of allylic oxidation sites excluding steroid dienone is 1. The van der Waals surface area contributed by atoms with Crippen LogP contribution in [0.4, 0.5) is 5.69 Å². The first-order valence-electron chi connectivity index (χ1n) is 10.7. The quantitative estimate of drug-likeness (QED) is 0.643. The molecular formula is C22H35N3O3S. The van der Waals surface area contributed by atoms with Gasteiger partial charge in [0, 0.05) is 25.7 Å². The molecule has 0 radical (unpaired) electrons.